The number of hydrogen-bond donors (Lipinski definition) is 2. The number of aryl methyl sites for hydroxylation is 1. The highest BCUT2D eigenvalue weighted by Gasteiger charge is 2.48. The minimum Gasteiger partial charge on any atom is -0.392 e. The molecule has 2 saturated carbocycles. The lowest BCUT2D eigenvalue weighted by Crippen LogP contribution is -2.61. The summed E-state index contributed by atoms with van der Waals surface area (Å²) < 4.78 is 0. The number of amides is 1. The summed E-state index contributed by atoms with van der Waals surface area (Å²) in [5, 5.41) is 13.9. The molecule has 0 radical (unpaired) electrons. The van der Waals surface area contributed by atoms with Gasteiger partial charge in [-0.05, 0) is 32.1 Å². The summed E-state index contributed by atoms with van der Waals surface area (Å²) in [4.78, 5) is 17.6. The van der Waals surface area contributed by atoms with Crippen molar-refractivity contribution < 1.29 is 9.90 Å². The summed E-state index contributed by atoms with van der Waals surface area (Å²) in [6, 6.07) is 0.0541. The van der Waals surface area contributed by atoms with Gasteiger partial charge in [0.15, 0.2) is 0 Å². The van der Waals surface area contributed by atoms with Crippen LogP contribution in [0, 0.1) is 18.3 Å². The minimum absolute atomic E-state index is 0.0352. The largest absolute Gasteiger partial charge is 0.392 e. The minimum atomic E-state index is -0.319. The molecule has 20 heavy (non-hydrogen) atoms. The van der Waals surface area contributed by atoms with Gasteiger partial charge in [0.2, 0.25) is 0 Å². The van der Waals surface area contributed by atoms with Gasteiger partial charge in [-0.3, -0.25) is 4.79 Å². The molecule has 2 aliphatic carbocycles. The fraction of sp³-hybridized carbons (Fsp3) is 0.733. The predicted molar refractivity (Wildman–Crippen MR) is 78.9 cm³/mol. The van der Waals surface area contributed by atoms with Crippen molar-refractivity contribution >= 4 is 17.2 Å². The zero-order valence-electron chi connectivity index (χ0n) is 12.3. The van der Waals surface area contributed by atoms with Crippen molar-refractivity contribution in [2.45, 2.75) is 58.6 Å². The Bertz CT molecular complexity index is 534. The van der Waals surface area contributed by atoms with Crippen molar-refractivity contribution in [3.05, 3.63) is 15.6 Å². The first kappa shape index (κ1) is 14.0. The Kier molecular flexibility index (Phi) is 3.37. The molecule has 0 aliphatic heterocycles. The van der Waals surface area contributed by atoms with E-state index in [1.54, 1.807) is 0 Å². The number of nitrogens with one attached hydrogen (secondary N) is 1. The molecule has 1 aromatic heterocycles. The van der Waals surface area contributed by atoms with E-state index in [-0.39, 0.29) is 23.5 Å². The van der Waals surface area contributed by atoms with Crippen molar-refractivity contribution in [1.82, 2.24) is 10.3 Å². The number of hydrogen-bond acceptors (Lipinski definition) is 4. The second-order valence-electron chi connectivity index (χ2n) is 6.77. The third-order valence-corrected chi connectivity index (χ3v) is 5.91. The molecule has 1 aromatic rings. The van der Waals surface area contributed by atoms with Crippen molar-refractivity contribution in [3.8, 4) is 0 Å². The van der Waals surface area contributed by atoms with E-state index in [0.717, 1.165) is 27.9 Å². The maximum absolute atomic E-state index is 12.4. The first-order valence-electron chi connectivity index (χ1n) is 7.33. The maximum atomic E-state index is 12.4. The molecule has 110 valence electrons. The first-order valence-corrected chi connectivity index (χ1v) is 8.15. The van der Waals surface area contributed by atoms with Gasteiger partial charge in [0.05, 0.1) is 16.8 Å². The Balaban J connectivity index is 1.66. The van der Waals surface area contributed by atoms with Crippen molar-refractivity contribution in [3.63, 3.8) is 0 Å². The van der Waals surface area contributed by atoms with Gasteiger partial charge < -0.3 is 10.4 Å². The summed E-state index contributed by atoms with van der Waals surface area (Å²) >= 11 is 1.53. The Labute approximate surface area is 123 Å². The van der Waals surface area contributed by atoms with E-state index < -0.39 is 0 Å². The van der Waals surface area contributed by atoms with Crippen LogP contribution in [0.1, 0.15) is 53.5 Å². The lowest BCUT2D eigenvalue weighted by molar-refractivity contribution is -0.0689. The van der Waals surface area contributed by atoms with Crippen molar-refractivity contribution in [2.75, 3.05) is 0 Å². The number of aliphatic hydroxyl groups is 1. The Hall–Kier alpha value is -0.940. The summed E-state index contributed by atoms with van der Waals surface area (Å²) in [7, 11) is 0. The van der Waals surface area contributed by atoms with Gasteiger partial charge in [-0.2, -0.15) is 0 Å². The number of aliphatic hydroxyl groups excluding tert-OH is 1. The van der Waals surface area contributed by atoms with Gasteiger partial charge in [-0.15, -0.1) is 11.3 Å². The van der Waals surface area contributed by atoms with E-state index in [0.29, 0.717) is 6.42 Å². The van der Waals surface area contributed by atoms with E-state index in [4.69, 9.17) is 0 Å². The number of thiazole rings is 1. The molecule has 2 N–H and O–H groups in total. The van der Waals surface area contributed by atoms with Crippen LogP contribution in [0.3, 0.4) is 0 Å². The van der Waals surface area contributed by atoms with Crippen LogP contribution in [-0.4, -0.2) is 28.1 Å². The number of carbonyl (C=O) groups is 1. The monoisotopic (exact) mass is 294 g/mol. The molecule has 0 aromatic carbocycles. The van der Waals surface area contributed by atoms with Gasteiger partial charge >= 0.3 is 0 Å². The van der Waals surface area contributed by atoms with Crippen LogP contribution >= 0.6 is 11.3 Å². The Morgan fingerprint density at radius 2 is 2.20 bits per heavy atom. The van der Waals surface area contributed by atoms with Gasteiger partial charge in [0, 0.05) is 17.9 Å². The van der Waals surface area contributed by atoms with Crippen LogP contribution in [0.5, 0.6) is 0 Å². The zero-order chi connectivity index (χ0) is 14.5. The van der Waals surface area contributed by atoms with Crippen LogP contribution in [-0.2, 0) is 6.42 Å². The Morgan fingerprint density at radius 1 is 1.50 bits per heavy atom. The van der Waals surface area contributed by atoms with E-state index in [1.165, 1.54) is 24.2 Å². The average Bonchev–Trinajstić information content (AvgIpc) is 3.11. The van der Waals surface area contributed by atoms with E-state index in [9.17, 15) is 9.90 Å². The molecule has 3 rings (SSSR count). The Morgan fingerprint density at radius 3 is 2.75 bits per heavy atom. The molecule has 2 aliphatic rings. The number of aromatic nitrogens is 1. The lowest BCUT2D eigenvalue weighted by Gasteiger charge is -2.49. The predicted octanol–water partition coefficient (Wildman–Crippen LogP) is 2.29. The third-order valence-electron chi connectivity index (χ3n) is 4.73. The van der Waals surface area contributed by atoms with Crippen LogP contribution in [0.2, 0.25) is 0 Å². The van der Waals surface area contributed by atoms with Crippen LogP contribution in [0.25, 0.3) is 0 Å². The normalized spacial score (nSPS) is 28.0. The van der Waals surface area contributed by atoms with Gasteiger partial charge in [0.1, 0.15) is 4.88 Å². The quantitative estimate of drug-likeness (QED) is 0.895. The van der Waals surface area contributed by atoms with Gasteiger partial charge in [0.25, 0.3) is 5.91 Å². The molecule has 4 nitrogen and oxygen atoms in total. The van der Waals surface area contributed by atoms with Crippen molar-refractivity contribution in [1.29, 1.82) is 0 Å². The highest BCUT2D eigenvalue weighted by atomic mass is 32.1. The van der Waals surface area contributed by atoms with Gasteiger partial charge in [-0.1, -0.05) is 13.8 Å². The molecule has 1 amide bonds. The van der Waals surface area contributed by atoms with E-state index in [2.05, 4.69) is 10.3 Å². The smallest absolute Gasteiger partial charge is 0.263 e. The standard InChI is InChI=1S/C15H22N2O2S/c1-8-13(20-12(16-8)6-9-4-5-9)14(19)17-10-7-11(18)15(10,2)3/h9-11,18H,4-7H2,1-3H3,(H,17,19). The summed E-state index contributed by atoms with van der Waals surface area (Å²) in [6.45, 7) is 5.89. The number of rotatable bonds is 4. The zero-order valence-corrected chi connectivity index (χ0v) is 13.1. The summed E-state index contributed by atoms with van der Waals surface area (Å²) in [5.41, 5.74) is 0.603. The second kappa shape index (κ2) is 4.81. The van der Waals surface area contributed by atoms with E-state index in [1.807, 2.05) is 20.8 Å². The van der Waals surface area contributed by atoms with Crippen molar-refractivity contribution in [2.24, 2.45) is 11.3 Å². The highest BCUT2D eigenvalue weighted by Crippen LogP contribution is 2.40. The fourth-order valence-corrected chi connectivity index (χ4v) is 3.77. The molecular formula is C15H22N2O2S. The third kappa shape index (κ3) is 2.49. The summed E-state index contributed by atoms with van der Waals surface area (Å²) in [6.07, 6.45) is 3.95. The van der Waals surface area contributed by atoms with Gasteiger partial charge in [-0.25, -0.2) is 4.98 Å². The molecular weight excluding hydrogens is 272 g/mol. The molecule has 0 saturated heterocycles. The van der Waals surface area contributed by atoms with Crippen LogP contribution in [0.4, 0.5) is 0 Å². The maximum Gasteiger partial charge on any atom is 0.263 e. The second-order valence-corrected chi connectivity index (χ2v) is 7.85. The molecule has 1 heterocycles. The molecule has 0 spiro atoms. The topological polar surface area (TPSA) is 62.2 Å². The molecule has 5 heteroatoms. The fourth-order valence-electron chi connectivity index (χ4n) is 2.69. The average molecular weight is 294 g/mol. The molecule has 2 unspecified atom stereocenters. The molecule has 2 atom stereocenters. The lowest BCUT2D eigenvalue weighted by atomic mass is 9.64. The first-order chi connectivity index (χ1) is 9.38. The SMILES string of the molecule is Cc1nc(CC2CC2)sc1C(=O)NC1CC(O)C1(C)C. The molecule has 0 bridgehead atoms. The summed E-state index contributed by atoms with van der Waals surface area (Å²) in [5.74, 6) is 0.754. The van der Waals surface area contributed by atoms with E-state index >= 15 is 0 Å². The molecule has 2 fully saturated rings. The number of nitrogens with zero attached hydrogens (tertiary/aromatic N) is 1. The van der Waals surface area contributed by atoms with Crippen LogP contribution in [0.15, 0.2) is 0 Å². The van der Waals surface area contributed by atoms with Crippen LogP contribution < -0.4 is 5.32 Å². The highest BCUT2D eigenvalue weighted by molar-refractivity contribution is 7.13. The number of carbonyl (C=O) groups excluding carboxylic acids is 1.